The second-order valence-corrected chi connectivity index (χ2v) is 3.90. The SMILES string of the molecule is CCOc1ccc2nc(-c3ccccc3)cn2n1. The quantitative estimate of drug-likeness (QED) is 0.705. The maximum Gasteiger partial charge on any atom is 0.231 e. The zero-order valence-electron chi connectivity index (χ0n) is 10.1. The molecule has 0 saturated carbocycles. The molecule has 0 radical (unpaired) electrons. The van der Waals surface area contributed by atoms with Crippen molar-refractivity contribution in [2.24, 2.45) is 0 Å². The largest absolute Gasteiger partial charge is 0.477 e. The third-order valence-electron chi connectivity index (χ3n) is 2.66. The Balaban J connectivity index is 2.06. The van der Waals surface area contributed by atoms with E-state index in [0.29, 0.717) is 12.5 Å². The number of hydrogen-bond donors (Lipinski definition) is 0. The Kier molecular flexibility index (Phi) is 2.68. The van der Waals surface area contributed by atoms with Gasteiger partial charge in [0, 0.05) is 11.6 Å². The number of imidazole rings is 1. The molecule has 0 spiro atoms. The Morgan fingerprint density at radius 1 is 1.11 bits per heavy atom. The van der Waals surface area contributed by atoms with E-state index in [4.69, 9.17) is 4.74 Å². The first-order valence-corrected chi connectivity index (χ1v) is 5.91. The summed E-state index contributed by atoms with van der Waals surface area (Å²) in [5, 5.41) is 4.34. The summed E-state index contributed by atoms with van der Waals surface area (Å²) in [7, 11) is 0. The van der Waals surface area contributed by atoms with Crippen LogP contribution in [0.4, 0.5) is 0 Å². The minimum absolute atomic E-state index is 0.610. The van der Waals surface area contributed by atoms with E-state index in [1.165, 1.54) is 0 Å². The number of hydrogen-bond acceptors (Lipinski definition) is 3. The maximum atomic E-state index is 5.37. The smallest absolute Gasteiger partial charge is 0.231 e. The number of nitrogens with zero attached hydrogens (tertiary/aromatic N) is 3. The molecule has 90 valence electrons. The molecule has 0 unspecified atom stereocenters. The Labute approximate surface area is 105 Å². The highest BCUT2D eigenvalue weighted by Crippen LogP contribution is 2.19. The summed E-state index contributed by atoms with van der Waals surface area (Å²) in [4.78, 5) is 4.53. The zero-order chi connectivity index (χ0) is 12.4. The highest BCUT2D eigenvalue weighted by atomic mass is 16.5. The van der Waals surface area contributed by atoms with Gasteiger partial charge in [-0.05, 0) is 13.0 Å². The second-order valence-electron chi connectivity index (χ2n) is 3.90. The van der Waals surface area contributed by atoms with E-state index in [9.17, 15) is 0 Å². The summed E-state index contributed by atoms with van der Waals surface area (Å²) >= 11 is 0. The average molecular weight is 239 g/mol. The molecule has 18 heavy (non-hydrogen) atoms. The molecule has 0 aliphatic heterocycles. The molecule has 3 rings (SSSR count). The van der Waals surface area contributed by atoms with Crippen molar-refractivity contribution in [1.82, 2.24) is 14.6 Å². The summed E-state index contributed by atoms with van der Waals surface area (Å²) in [6.07, 6.45) is 1.91. The number of benzene rings is 1. The lowest BCUT2D eigenvalue weighted by atomic mass is 10.2. The number of ether oxygens (including phenoxy) is 1. The van der Waals surface area contributed by atoms with Crippen molar-refractivity contribution in [3.8, 4) is 17.1 Å². The normalized spacial score (nSPS) is 10.7. The van der Waals surface area contributed by atoms with Crippen LogP contribution >= 0.6 is 0 Å². The van der Waals surface area contributed by atoms with E-state index in [1.807, 2.05) is 55.6 Å². The minimum Gasteiger partial charge on any atom is -0.477 e. The van der Waals surface area contributed by atoms with E-state index < -0.39 is 0 Å². The predicted molar refractivity (Wildman–Crippen MR) is 69.6 cm³/mol. The molecule has 0 aliphatic rings. The third-order valence-corrected chi connectivity index (χ3v) is 2.66. The van der Waals surface area contributed by atoms with Crippen molar-refractivity contribution in [1.29, 1.82) is 0 Å². The third kappa shape index (κ3) is 1.93. The molecule has 4 nitrogen and oxygen atoms in total. The Bertz CT molecular complexity index is 661. The molecule has 0 fully saturated rings. The van der Waals surface area contributed by atoms with Crippen LogP contribution in [-0.2, 0) is 0 Å². The van der Waals surface area contributed by atoms with Gasteiger partial charge in [-0.1, -0.05) is 30.3 Å². The van der Waals surface area contributed by atoms with Crippen LogP contribution in [0.2, 0.25) is 0 Å². The molecule has 4 heteroatoms. The molecule has 0 amide bonds. The topological polar surface area (TPSA) is 39.4 Å². The van der Waals surface area contributed by atoms with Crippen LogP contribution in [0.1, 0.15) is 6.92 Å². The first-order chi connectivity index (χ1) is 8.86. The van der Waals surface area contributed by atoms with Gasteiger partial charge in [0.15, 0.2) is 5.65 Å². The standard InChI is InChI=1S/C14H13N3O/c1-2-18-14-9-8-13-15-12(10-17(13)16-14)11-6-4-3-5-7-11/h3-10H,2H2,1H3. The fraction of sp³-hybridized carbons (Fsp3) is 0.143. The van der Waals surface area contributed by atoms with E-state index in [2.05, 4.69) is 10.1 Å². The van der Waals surface area contributed by atoms with Crippen molar-refractivity contribution < 1.29 is 4.74 Å². The van der Waals surface area contributed by atoms with E-state index in [-0.39, 0.29) is 0 Å². The van der Waals surface area contributed by atoms with Crippen LogP contribution in [-0.4, -0.2) is 21.2 Å². The van der Waals surface area contributed by atoms with Crippen molar-refractivity contribution in [2.45, 2.75) is 6.92 Å². The summed E-state index contributed by atoms with van der Waals surface area (Å²) < 4.78 is 7.11. The molecule has 0 atom stereocenters. The Morgan fingerprint density at radius 3 is 2.72 bits per heavy atom. The molecule has 2 aromatic heterocycles. The van der Waals surface area contributed by atoms with E-state index >= 15 is 0 Å². The highest BCUT2D eigenvalue weighted by Gasteiger charge is 2.05. The van der Waals surface area contributed by atoms with Gasteiger partial charge in [-0.25, -0.2) is 9.50 Å². The lowest BCUT2D eigenvalue weighted by Gasteiger charge is -2.00. The summed E-state index contributed by atoms with van der Waals surface area (Å²) in [5.74, 6) is 0.613. The van der Waals surface area contributed by atoms with Crippen LogP contribution < -0.4 is 4.74 Å². The fourth-order valence-corrected chi connectivity index (χ4v) is 1.84. The van der Waals surface area contributed by atoms with Crippen LogP contribution in [0.3, 0.4) is 0 Å². The van der Waals surface area contributed by atoms with Crippen molar-refractivity contribution in [3.63, 3.8) is 0 Å². The van der Waals surface area contributed by atoms with Gasteiger partial charge < -0.3 is 4.74 Å². The van der Waals surface area contributed by atoms with Crippen molar-refractivity contribution in [3.05, 3.63) is 48.7 Å². The molecule has 3 aromatic rings. The fourth-order valence-electron chi connectivity index (χ4n) is 1.84. The zero-order valence-corrected chi connectivity index (χ0v) is 10.1. The number of aromatic nitrogens is 3. The molecule has 1 aromatic carbocycles. The molecule has 0 saturated heterocycles. The van der Waals surface area contributed by atoms with Gasteiger partial charge in [0.1, 0.15) is 0 Å². The molecule has 0 N–H and O–H groups in total. The molecule has 2 heterocycles. The van der Waals surface area contributed by atoms with Gasteiger partial charge in [-0.2, -0.15) is 0 Å². The number of rotatable bonds is 3. The summed E-state index contributed by atoms with van der Waals surface area (Å²) in [5.41, 5.74) is 2.81. The average Bonchev–Trinajstić information content (AvgIpc) is 2.83. The predicted octanol–water partition coefficient (Wildman–Crippen LogP) is 2.80. The van der Waals surface area contributed by atoms with Crippen LogP contribution in [0.25, 0.3) is 16.9 Å². The minimum atomic E-state index is 0.610. The Morgan fingerprint density at radius 2 is 1.94 bits per heavy atom. The van der Waals surface area contributed by atoms with Gasteiger partial charge in [0.2, 0.25) is 5.88 Å². The van der Waals surface area contributed by atoms with Crippen LogP contribution in [0, 0.1) is 0 Å². The van der Waals surface area contributed by atoms with Crippen LogP contribution in [0.15, 0.2) is 48.7 Å². The van der Waals surface area contributed by atoms with Crippen LogP contribution in [0.5, 0.6) is 5.88 Å². The van der Waals surface area contributed by atoms with Gasteiger partial charge in [0.25, 0.3) is 0 Å². The van der Waals surface area contributed by atoms with Gasteiger partial charge in [0.05, 0.1) is 18.5 Å². The first-order valence-electron chi connectivity index (χ1n) is 5.91. The van der Waals surface area contributed by atoms with Gasteiger partial charge >= 0.3 is 0 Å². The van der Waals surface area contributed by atoms with Crippen molar-refractivity contribution in [2.75, 3.05) is 6.61 Å². The monoisotopic (exact) mass is 239 g/mol. The molecular formula is C14H13N3O. The molecule has 0 bridgehead atoms. The van der Waals surface area contributed by atoms with E-state index in [1.54, 1.807) is 4.52 Å². The summed E-state index contributed by atoms with van der Waals surface area (Å²) in [6.45, 7) is 2.55. The molecular weight excluding hydrogens is 226 g/mol. The lowest BCUT2D eigenvalue weighted by molar-refractivity contribution is 0.321. The number of fused-ring (bicyclic) bond motifs is 1. The Hall–Kier alpha value is -2.36. The summed E-state index contributed by atoms with van der Waals surface area (Å²) in [6, 6.07) is 13.8. The van der Waals surface area contributed by atoms with Crippen molar-refractivity contribution >= 4 is 5.65 Å². The lowest BCUT2D eigenvalue weighted by Crippen LogP contribution is -1.98. The maximum absolute atomic E-state index is 5.37. The first kappa shape index (κ1) is 10.8. The highest BCUT2D eigenvalue weighted by molar-refractivity contribution is 5.62. The second kappa shape index (κ2) is 4.49. The van der Waals surface area contributed by atoms with E-state index in [0.717, 1.165) is 16.9 Å². The van der Waals surface area contributed by atoms with Gasteiger partial charge in [-0.3, -0.25) is 0 Å². The van der Waals surface area contributed by atoms with Gasteiger partial charge in [-0.15, -0.1) is 5.10 Å². The molecule has 0 aliphatic carbocycles.